The molecule has 0 fully saturated rings. The van der Waals surface area contributed by atoms with Gasteiger partial charge in [0.05, 0.1) is 47.7 Å². The van der Waals surface area contributed by atoms with Crippen molar-refractivity contribution >= 4 is 41.6 Å². The molecule has 17 nitrogen and oxygen atoms in total. The Balaban J connectivity index is 5.69. The standard InChI is InChI=1S/C18H26N6O11/c1-32-14(27)6-10(17(30)34-3)22-12(25)5-9(21-13(26)8-20-24-19)16(29)23-11(18(31)35-4)7-15(28)33-2/h9-11H,5-8H2,1-4H3,(H,21,26)(H,22,25)(H,23,29)/t9-,10-,11-/m0/s1. The van der Waals surface area contributed by atoms with E-state index in [1.165, 1.54) is 0 Å². The molecule has 3 N–H and O–H groups in total. The highest BCUT2D eigenvalue weighted by molar-refractivity contribution is 5.96. The number of methoxy groups -OCH3 is 4. The zero-order chi connectivity index (χ0) is 27.0. The van der Waals surface area contributed by atoms with E-state index in [1.807, 2.05) is 0 Å². The highest BCUT2D eigenvalue weighted by Gasteiger charge is 2.32. The molecule has 0 radical (unpaired) electrons. The highest BCUT2D eigenvalue weighted by Crippen LogP contribution is 2.03. The molecule has 0 aliphatic rings. The molecule has 194 valence electrons. The first-order valence-electron chi connectivity index (χ1n) is 9.72. The van der Waals surface area contributed by atoms with Crippen LogP contribution in [0.25, 0.3) is 10.4 Å². The van der Waals surface area contributed by atoms with Crippen LogP contribution < -0.4 is 16.0 Å². The summed E-state index contributed by atoms with van der Waals surface area (Å²) in [5.74, 6) is -6.77. The van der Waals surface area contributed by atoms with Crippen LogP contribution in [0.2, 0.25) is 0 Å². The van der Waals surface area contributed by atoms with Crippen LogP contribution in [0.4, 0.5) is 0 Å². The highest BCUT2D eigenvalue weighted by atomic mass is 16.5. The molecular formula is C18H26N6O11. The Morgan fingerprint density at radius 1 is 0.686 bits per heavy atom. The number of carbonyl (C=O) groups excluding carboxylic acids is 7. The molecule has 35 heavy (non-hydrogen) atoms. The van der Waals surface area contributed by atoms with Gasteiger partial charge in [-0.25, -0.2) is 9.59 Å². The maximum absolute atomic E-state index is 12.8. The van der Waals surface area contributed by atoms with Gasteiger partial charge in [0.2, 0.25) is 17.7 Å². The van der Waals surface area contributed by atoms with Crippen LogP contribution in [0.15, 0.2) is 5.11 Å². The summed E-state index contributed by atoms with van der Waals surface area (Å²) in [5.41, 5.74) is 8.34. The average Bonchev–Trinajstić information content (AvgIpc) is 2.84. The van der Waals surface area contributed by atoms with Crippen molar-refractivity contribution in [2.24, 2.45) is 5.11 Å². The predicted molar refractivity (Wildman–Crippen MR) is 112 cm³/mol. The summed E-state index contributed by atoms with van der Waals surface area (Å²) in [6.07, 6.45) is -2.00. The van der Waals surface area contributed by atoms with Crippen LogP contribution in [0.1, 0.15) is 19.3 Å². The number of esters is 4. The van der Waals surface area contributed by atoms with Crippen LogP contribution in [0, 0.1) is 0 Å². The molecule has 0 aromatic heterocycles. The van der Waals surface area contributed by atoms with Gasteiger partial charge >= 0.3 is 23.9 Å². The number of amides is 3. The first kappa shape index (κ1) is 30.6. The lowest BCUT2D eigenvalue weighted by molar-refractivity contribution is -0.151. The van der Waals surface area contributed by atoms with Gasteiger partial charge in [-0.1, -0.05) is 5.11 Å². The molecule has 0 aliphatic carbocycles. The smallest absolute Gasteiger partial charge is 0.328 e. The van der Waals surface area contributed by atoms with E-state index in [9.17, 15) is 33.6 Å². The number of rotatable bonds is 14. The van der Waals surface area contributed by atoms with Crippen molar-refractivity contribution in [2.75, 3.05) is 35.0 Å². The molecule has 17 heteroatoms. The second-order valence-corrected chi connectivity index (χ2v) is 6.50. The van der Waals surface area contributed by atoms with Gasteiger partial charge in [0.1, 0.15) is 24.7 Å². The van der Waals surface area contributed by atoms with Crippen LogP contribution >= 0.6 is 0 Å². The molecule has 3 amide bonds. The van der Waals surface area contributed by atoms with E-state index in [1.54, 1.807) is 0 Å². The Bertz CT molecular complexity index is 871. The largest absolute Gasteiger partial charge is 0.469 e. The Morgan fingerprint density at radius 3 is 1.57 bits per heavy atom. The molecule has 0 rings (SSSR count). The van der Waals surface area contributed by atoms with E-state index in [4.69, 9.17) is 5.53 Å². The second kappa shape index (κ2) is 16.2. The fraction of sp³-hybridized carbons (Fsp3) is 0.611. The lowest BCUT2D eigenvalue weighted by atomic mass is 10.1. The molecular weight excluding hydrogens is 476 g/mol. The summed E-state index contributed by atoms with van der Waals surface area (Å²) in [4.78, 5) is 86.5. The van der Waals surface area contributed by atoms with Gasteiger partial charge < -0.3 is 34.9 Å². The van der Waals surface area contributed by atoms with Crippen LogP contribution in [0.5, 0.6) is 0 Å². The summed E-state index contributed by atoms with van der Waals surface area (Å²) in [7, 11) is 4.12. The summed E-state index contributed by atoms with van der Waals surface area (Å²) in [6, 6.07) is -4.66. The molecule has 0 spiro atoms. The van der Waals surface area contributed by atoms with E-state index in [0.29, 0.717) is 0 Å². The van der Waals surface area contributed by atoms with Crippen molar-refractivity contribution in [1.29, 1.82) is 0 Å². The zero-order valence-electron chi connectivity index (χ0n) is 19.4. The fourth-order valence-corrected chi connectivity index (χ4v) is 2.43. The average molecular weight is 502 g/mol. The van der Waals surface area contributed by atoms with Crippen LogP contribution in [0.3, 0.4) is 0 Å². The molecule has 3 atom stereocenters. The fourth-order valence-electron chi connectivity index (χ4n) is 2.43. The van der Waals surface area contributed by atoms with E-state index in [2.05, 4.69) is 44.9 Å². The third kappa shape index (κ3) is 11.9. The normalized spacial score (nSPS) is 12.3. The molecule has 0 unspecified atom stereocenters. The van der Waals surface area contributed by atoms with Gasteiger partial charge in [0.25, 0.3) is 0 Å². The summed E-state index contributed by atoms with van der Waals surface area (Å²) < 4.78 is 17.9. The van der Waals surface area contributed by atoms with Crippen molar-refractivity contribution in [3.8, 4) is 0 Å². The van der Waals surface area contributed by atoms with Crippen LogP contribution in [-0.4, -0.2) is 94.7 Å². The number of hydrogen-bond donors (Lipinski definition) is 3. The molecule has 0 saturated heterocycles. The summed E-state index contributed by atoms with van der Waals surface area (Å²) in [6.45, 7) is -0.725. The first-order chi connectivity index (χ1) is 16.5. The topological polar surface area (TPSA) is 241 Å². The number of hydrogen-bond acceptors (Lipinski definition) is 12. The minimum absolute atomic E-state index is 0.585. The number of carbonyl (C=O) groups is 7. The third-order valence-electron chi connectivity index (χ3n) is 4.14. The van der Waals surface area contributed by atoms with Crippen LogP contribution in [-0.2, 0) is 52.5 Å². The Labute approximate surface area is 198 Å². The maximum Gasteiger partial charge on any atom is 0.328 e. The van der Waals surface area contributed by atoms with Crippen molar-refractivity contribution < 1.29 is 52.5 Å². The molecule has 0 aromatic carbocycles. The molecule has 0 heterocycles. The SMILES string of the molecule is COC(=O)C[C@H](NC(=O)C[C@H](NC(=O)CN=[N+]=[N-])C(=O)N[C@@H](CC(=O)OC)C(=O)OC)C(=O)OC. The monoisotopic (exact) mass is 502 g/mol. The quantitative estimate of drug-likeness (QED) is 0.0744. The first-order valence-corrected chi connectivity index (χ1v) is 9.72. The molecule has 0 bridgehead atoms. The molecule has 0 aliphatic heterocycles. The van der Waals surface area contributed by atoms with E-state index in [0.717, 1.165) is 28.4 Å². The van der Waals surface area contributed by atoms with Crippen molar-refractivity contribution in [1.82, 2.24) is 16.0 Å². The minimum Gasteiger partial charge on any atom is -0.469 e. The lowest BCUT2D eigenvalue weighted by Gasteiger charge is -2.22. The third-order valence-corrected chi connectivity index (χ3v) is 4.14. The number of nitrogens with one attached hydrogen (secondary N) is 3. The number of nitrogens with zero attached hydrogens (tertiary/aromatic N) is 3. The second-order valence-electron chi connectivity index (χ2n) is 6.50. The van der Waals surface area contributed by atoms with Crippen molar-refractivity contribution in [3.63, 3.8) is 0 Å². The minimum atomic E-state index is -1.67. The predicted octanol–water partition coefficient (Wildman–Crippen LogP) is -2.39. The molecule has 0 saturated carbocycles. The van der Waals surface area contributed by atoms with Gasteiger partial charge in [-0.15, -0.1) is 0 Å². The summed E-state index contributed by atoms with van der Waals surface area (Å²) in [5, 5.41) is 9.48. The van der Waals surface area contributed by atoms with Crippen molar-refractivity contribution in [2.45, 2.75) is 37.4 Å². The van der Waals surface area contributed by atoms with Gasteiger partial charge in [0.15, 0.2) is 0 Å². The Hall–Kier alpha value is -4.40. The summed E-state index contributed by atoms with van der Waals surface area (Å²) >= 11 is 0. The van der Waals surface area contributed by atoms with Crippen molar-refractivity contribution in [3.05, 3.63) is 10.4 Å². The molecule has 0 aromatic rings. The van der Waals surface area contributed by atoms with E-state index < -0.39 is 85.5 Å². The zero-order valence-corrected chi connectivity index (χ0v) is 19.4. The van der Waals surface area contributed by atoms with Gasteiger partial charge in [0, 0.05) is 4.91 Å². The number of ether oxygens (including phenoxy) is 4. The van der Waals surface area contributed by atoms with Gasteiger partial charge in [-0.2, -0.15) is 0 Å². The Kier molecular flexibility index (Phi) is 14.2. The van der Waals surface area contributed by atoms with E-state index in [-0.39, 0.29) is 0 Å². The Morgan fingerprint density at radius 2 is 1.14 bits per heavy atom. The van der Waals surface area contributed by atoms with E-state index >= 15 is 0 Å². The number of azide groups is 1. The van der Waals surface area contributed by atoms with Gasteiger partial charge in [-0.3, -0.25) is 24.0 Å². The maximum atomic E-state index is 12.8. The lowest BCUT2D eigenvalue weighted by Crippen LogP contribution is -2.54. The van der Waals surface area contributed by atoms with Gasteiger partial charge in [-0.05, 0) is 5.53 Å².